The first-order chi connectivity index (χ1) is 18.2. The van der Waals surface area contributed by atoms with Crippen molar-refractivity contribution in [3.05, 3.63) is 80.9 Å². The van der Waals surface area contributed by atoms with Crippen LogP contribution in [0.3, 0.4) is 0 Å². The number of hydrogen-bond donors (Lipinski definition) is 0. The Bertz CT molecular complexity index is 1870. The largest absolute Gasteiger partial charge is 1.00 e. The van der Waals surface area contributed by atoms with Crippen molar-refractivity contribution in [3.63, 3.8) is 0 Å². The van der Waals surface area contributed by atoms with E-state index in [4.69, 9.17) is 4.74 Å². The van der Waals surface area contributed by atoms with Crippen LogP contribution in [0, 0.1) is 20.2 Å². The SMILES string of the molecule is COc1cc([N+](=O)[O-])ccc1-[n+]1nc(-c2ccc(S(=O)(=O)[O-])cc2S(=O)(=O)[O-])nn1-c1ccc([N+](=O)[O-])cc1.[H-].[H-].[Na+]. The van der Waals surface area contributed by atoms with Crippen molar-refractivity contribution in [2.24, 2.45) is 0 Å². The van der Waals surface area contributed by atoms with Crippen molar-refractivity contribution in [1.82, 2.24) is 15.0 Å². The number of rotatable bonds is 8. The number of nitro groups is 2. The van der Waals surface area contributed by atoms with Gasteiger partial charge in [-0.3, -0.25) is 20.2 Å². The third-order valence-electron chi connectivity index (χ3n) is 5.19. The quantitative estimate of drug-likeness (QED) is 0.0702. The average Bonchev–Trinajstić information content (AvgIpc) is 3.32. The zero-order valence-electron chi connectivity index (χ0n) is 22.3. The van der Waals surface area contributed by atoms with Gasteiger partial charge < -0.3 is 16.7 Å². The summed E-state index contributed by atoms with van der Waals surface area (Å²) in [6.07, 6.45) is 0. The molecule has 4 rings (SSSR count). The van der Waals surface area contributed by atoms with Crippen molar-refractivity contribution >= 4 is 31.6 Å². The van der Waals surface area contributed by atoms with Crippen LogP contribution in [0.4, 0.5) is 11.4 Å². The summed E-state index contributed by atoms with van der Waals surface area (Å²) < 4.78 is 75.4. The van der Waals surface area contributed by atoms with Gasteiger partial charge in [-0.25, -0.2) is 16.8 Å². The summed E-state index contributed by atoms with van der Waals surface area (Å²) in [5.41, 5.74) is -0.928. The molecule has 0 aliphatic heterocycles. The van der Waals surface area contributed by atoms with E-state index in [9.17, 15) is 46.2 Å². The summed E-state index contributed by atoms with van der Waals surface area (Å²) in [7, 11) is -9.29. The molecule has 0 spiro atoms. The Hall–Kier alpha value is -3.85. The Morgan fingerprint density at radius 2 is 1.48 bits per heavy atom. The molecule has 0 bridgehead atoms. The molecular formula is C20H15N6NaO11S2-2. The van der Waals surface area contributed by atoms with Crippen LogP contribution >= 0.6 is 0 Å². The van der Waals surface area contributed by atoms with Crippen LogP contribution in [0.25, 0.3) is 22.8 Å². The first-order valence-corrected chi connectivity index (χ1v) is 13.1. The topological polar surface area (TPSA) is 244 Å². The molecule has 0 saturated carbocycles. The number of nitro benzene ring substituents is 2. The molecule has 1 heterocycles. The van der Waals surface area contributed by atoms with E-state index in [1.54, 1.807) is 0 Å². The van der Waals surface area contributed by atoms with E-state index < -0.39 is 51.3 Å². The van der Waals surface area contributed by atoms with Gasteiger partial charge in [0, 0.05) is 29.1 Å². The van der Waals surface area contributed by atoms with Crippen molar-refractivity contribution in [2.45, 2.75) is 9.79 Å². The maximum absolute atomic E-state index is 12.0. The predicted molar refractivity (Wildman–Crippen MR) is 126 cm³/mol. The molecule has 20 heteroatoms. The second-order valence-corrected chi connectivity index (χ2v) is 10.3. The van der Waals surface area contributed by atoms with E-state index in [2.05, 4.69) is 10.2 Å². The molecule has 0 amide bonds. The number of methoxy groups -OCH3 is 1. The fourth-order valence-electron chi connectivity index (χ4n) is 3.42. The summed E-state index contributed by atoms with van der Waals surface area (Å²) in [6.45, 7) is 0. The summed E-state index contributed by atoms with van der Waals surface area (Å²) in [5, 5.41) is 30.6. The number of ether oxygens (including phenoxy) is 1. The minimum absolute atomic E-state index is 0. The molecule has 4 aromatic rings. The molecule has 0 aliphatic rings. The molecule has 0 aliphatic carbocycles. The van der Waals surface area contributed by atoms with E-state index in [0.29, 0.717) is 6.07 Å². The van der Waals surface area contributed by atoms with Gasteiger partial charge in [0.25, 0.3) is 11.4 Å². The zero-order chi connectivity index (χ0) is 28.7. The smallest absolute Gasteiger partial charge is 1.00 e. The van der Waals surface area contributed by atoms with Crippen molar-refractivity contribution < 1.29 is 77.7 Å². The molecule has 0 unspecified atom stereocenters. The van der Waals surface area contributed by atoms with Gasteiger partial charge in [-0.2, -0.15) is 0 Å². The van der Waals surface area contributed by atoms with Gasteiger partial charge >= 0.3 is 35.4 Å². The van der Waals surface area contributed by atoms with Crippen LogP contribution in [-0.4, -0.2) is 57.9 Å². The maximum atomic E-state index is 12.0. The Morgan fingerprint density at radius 3 is 2.00 bits per heavy atom. The van der Waals surface area contributed by atoms with E-state index in [-0.39, 0.29) is 60.9 Å². The predicted octanol–water partition coefficient (Wildman–Crippen LogP) is -1.93. The summed E-state index contributed by atoms with van der Waals surface area (Å²) >= 11 is 0. The van der Waals surface area contributed by atoms with E-state index >= 15 is 0 Å². The molecule has 0 atom stereocenters. The number of nitrogens with zero attached hydrogens (tertiary/aromatic N) is 6. The van der Waals surface area contributed by atoms with Gasteiger partial charge in [0.2, 0.25) is 5.69 Å². The van der Waals surface area contributed by atoms with Crippen molar-refractivity contribution in [1.29, 1.82) is 0 Å². The molecule has 1 aromatic heterocycles. The normalized spacial score (nSPS) is 11.5. The molecule has 0 saturated heterocycles. The van der Waals surface area contributed by atoms with Crippen LogP contribution in [0.1, 0.15) is 2.85 Å². The first-order valence-electron chi connectivity index (χ1n) is 10.2. The fraction of sp³-hybridized carbons (Fsp3) is 0.0500. The molecule has 0 radical (unpaired) electrons. The number of hydrogen-bond acceptors (Lipinski definition) is 13. The van der Waals surface area contributed by atoms with Gasteiger partial charge in [0.15, 0.2) is 5.75 Å². The van der Waals surface area contributed by atoms with Crippen LogP contribution < -0.4 is 39.1 Å². The minimum Gasteiger partial charge on any atom is -1.00 e. The van der Waals surface area contributed by atoms with E-state index in [0.717, 1.165) is 46.0 Å². The van der Waals surface area contributed by atoms with Gasteiger partial charge in [-0.1, -0.05) is 0 Å². The minimum atomic E-state index is -5.37. The molecule has 40 heavy (non-hydrogen) atoms. The van der Waals surface area contributed by atoms with E-state index in [1.165, 1.54) is 25.3 Å². The second-order valence-electron chi connectivity index (χ2n) is 7.56. The fourth-order valence-corrected chi connectivity index (χ4v) is 4.69. The maximum Gasteiger partial charge on any atom is 1.00 e. The monoisotopic (exact) mass is 602 g/mol. The Kier molecular flexibility index (Phi) is 8.69. The van der Waals surface area contributed by atoms with Crippen molar-refractivity contribution in [2.75, 3.05) is 7.11 Å². The van der Waals surface area contributed by atoms with E-state index in [1.807, 2.05) is 0 Å². The Balaban J connectivity index is 0.00000294. The summed E-state index contributed by atoms with van der Waals surface area (Å²) in [6, 6.07) is 10.2. The van der Waals surface area contributed by atoms with Gasteiger partial charge in [0.05, 0.1) is 43.5 Å². The standard InChI is InChI=1S/C20H14N6O11S2.Na.2H/c1-37-18-10-14(26(29)30)6-9-17(18)24-22-20(21-23(24)12-2-4-13(5-3-12)25(27)28)16-8-7-15(38(31,32)33)11-19(16)39(34,35)36;;;/h2-11H,1H3,(H-,31,32,33,34,35,36);;;/q;+1;2*-1/p-1. The molecule has 3 aromatic carbocycles. The molecular weight excluding hydrogens is 587 g/mol. The van der Waals surface area contributed by atoms with Crippen LogP contribution in [0.15, 0.2) is 70.5 Å². The summed E-state index contributed by atoms with van der Waals surface area (Å²) in [5.74, 6) is -0.543. The molecule has 206 valence electrons. The number of tetrazole rings is 1. The van der Waals surface area contributed by atoms with Gasteiger partial charge in [0.1, 0.15) is 25.9 Å². The van der Waals surface area contributed by atoms with Crippen LogP contribution in [0.5, 0.6) is 5.75 Å². The number of benzene rings is 3. The van der Waals surface area contributed by atoms with Gasteiger partial charge in [-0.15, -0.1) is 0 Å². The molecule has 17 nitrogen and oxygen atoms in total. The number of non-ortho nitro benzene ring substituents is 2. The van der Waals surface area contributed by atoms with Crippen LogP contribution in [0.2, 0.25) is 0 Å². The Morgan fingerprint density at radius 1 is 0.875 bits per heavy atom. The second kappa shape index (κ2) is 11.3. The van der Waals surface area contributed by atoms with Gasteiger partial charge in [-0.05, 0) is 40.2 Å². The number of aromatic nitrogens is 4. The Labute approximate surface area is 249 Å². The first kappa shape index (κ1) is 30.7. The molecule has 0 N–H and O–H groups in total. The van der Waals surface area contributed by atoms with Crippen LogP contribution in [-0.2, 0) is 20.2 Å². The van der Waals surface area contributed by atoms with Crippen molar-refractivity contribution in [3.8, 4) is 28.5 Å². The summed E-state index contributed by atoms with van der Waals surface area (Å²) in [4.78, 5) is 20.9. The zero-order valence-corrected chi connectivity index (χ0v) is 23.9. The third kappa shape index (κ3) is 6.14. The molecule has 0 fully saturated rings. The third-order valence-corrected chi connectivity index (χ3v) is 6.90. The average molecular weight is 602 g/mol.